The molecule has 0 atom stereocenters. The van der Waals surface area contributed by atoms with Crippen molar-refractivity contribution >= 4 is 34.1 Å². The Bertz CT molecular complexity index is 2700. The third-order valence-corrected chi connectivity index (χ3v) is 8.69. The number of carboxylic acids is 1. The van der Waals surface area contributed by atoms with Crippen LogP contribution in [0.5, 0.6) is 11.5 Å². The molecule has 58 heavy (non-hydrogen) atoms. The van der Waals surface area contributed by atoms with Crippen LogP contribution in [0.25, 0.3) is 11.3 Å². The molecule has 4 aromatic heterocycles. The fraction of sp³-hybridized carbons (Fsp3) is 0.0435. The summed E-state index contributed by atoms with van der Waals surface area (Å²) in [4.78, 5) is 32.1. The number of carbonyl (C=O) groups excluding carboxylic acids is 1. The molecule has 4 aromatic carbocycles. The number of hydrogen-bond donors (Lipinski definition) is 1. The highest BCUT2D eigenvalue weighted by atomic mass is 35.5. The average molecular weight is 791 g/mol. The van der Waals surface area contributed by atoms with Crippen molar-refractivity contribution in [3.05, 3.63) is 203 Å². The van der Waals surface area contributed by atoms with Crippen LogP contribution in [-0.2, 0) is 13.2 Å². The van der Waals surface area contributed by atoms with Gasteiger partial charge in [0, 0.05) is 23.5 Å². The van der Waals surface area contributed by atoms with E-state index in [0.717, 1.165) is 5.65 Å². The second-order valence-corrected chi connectivity index (χ2v) is 12.7. The number of aromatic carboxylic acids is 1. The molecular formula is C46H29ClF2N4O5. The normalized spacial score (nSPS) is 10.4. The molecular weight excluding hydrogens is 762 g/mol. The molecule has 9 nitrogen and oxygen atoms in total. The fourth-order valence-corrected chi connectivity index (χ4v) is 5.86. The minimum absolute atomic E-state index is 0.0550. The summed E-state index contributed by atoms with van der Waals surface area (Å²) in [5, 5.41) is 8.72. The van der Waals surface area contributed by atoms with Crippen LogP contribution < -0.4 is 9.47 Å². The first-order valence-electron chi connectivity index (χ1n) is 17.6. The second-order valence-electron chi connectivity index (χ2n) is 12.3. The van der Waals surface area contributed by atoms with E-state index in [4.69, 9.17) is 21.1 Å². The molecule has 284 valence electrons. The van der Waals surface area contributed by atoms with Crippen LogP contribution >= 0.6 is 11.6 Å². The standard InChI is InChI=1S/C23H14ClFN2O2.C23H15FN2O3/c24-23(28)18-5-1-2-6-21(18)29-15-19-20(27-14-4-3-7-22(27)26-19)13-10-16-8-11-17(25)12-9-16;24-17-11-8-16(9-12-17)10-13-20-19(25-22-7-3-4-14-26(20)22)15-29-21-6-2-1-5-18(21)23(27)28/h1-9,11-12,14H,15H2;1-9,11-12,14H,15H2,(H,27,28). The van der Waals surface area contributed by atoms with Gasteiger partial charge < -0.3 is 14.6 Å². The van der Waals surface area contributed by atoms with Gasteiger partial charge in [-0.3, -0.25) is 13.6 Å². The van der Waals surface area contributed by atoms with Crippen LogP contribution in [0.2, 0.25) is 0 Å². The molecule has 1 N–H and O–H groups in total. The van der Waals surface area contributed by atoms with Crippen LogP contribution in [0.1, 0.15) is 54.6 Å². The van der Waals surface area contributed by atoms with Crippen molar-refractivity contribution < 1.29 is 33.0 Å². The Morgan fingerprint density at radius 3 is 1.43 bits per heavy atom. The minimum atomic E-state index is -1.06. The number of rotatable bonds is 8. The summed E-state index contributed by atoms with van der Waals surface area (Å²) in [7, 11) is 0. The zero-order chi connectivity index (χ0) is 40.4. The first kappa shape index (κ1) is 38.5. The minimum Gasteiger partial charge on any atom is -0.486 e. The molecule has 0 spiro atoms. The maximum Gasteiger partial charge on any atom is 0.339 e. The SMILES string of the molecule is O=C(Cl)c1ccccc1OCc1nc2ccccn2c1C#Cc1ccc(F)cc1.O=C(O)c1ccccc1OCc1nc2ccccn2c1C#Cc1ccc(F)cc1. The van der Waals surface area contributed by atoms with Crippen molar-refractivity contribution in [1.29, 1.82) is 0 Å². The summed E-state index contributed by atoms with van der Waals surface area (Å²) < 4.78 is 41.5. The molecule has 4 heterocycles. The molecule has 0 saturated carbocycles. The van der Waals surface area contributed by atoms with Gasteiger partial charge in [0.25, 0.3) is 5.24 Å². The number of fused-ring (bicyclic) bond motifs is 2. The fourth-order valence-electron chi connectivity index (χ4n) is 5.70. The Balaban J connectivity index is 0.000000177. The number of para-hydroxylation sites is 2. The zero-order valence-electron chi connectivity index (χ0n) is 30.3. The van der Waals surface area contributed by atoms with Gasteiger partial charge in [0.15, 0.2) is 0 Å². The second kappa shape index (κ2) is 17.8. The molecule has 0 fully saturated rings. The Labute approximate surface area is 335 Å². The Kier molecular flexibility index (Phi) is 11.8. The Hall–Kier alpha value is -7.73. The van der Waals surface area contributed by atoms with Crippen molar-refractivity contribution in [2.75, 3.05) is 0 Å². The summed E-state index contributed by atoms with van der Waals surface area (Å²) in [6.45, 7) is 0.162. The van der Waals surface area contributed by atoms with Gasteiger partial charge in [-0.1, -0.05) is 48.2 Å². The Morgan fingerprint density at radius 2 is 0.983 bits per heavy atom. The largest absolute Gasteiger partial charge is 0.486 e. The Morgan fingerprint density at radius 1 is 0.569 bits per heavy atom. The van der Waals surface area contributed by atoms with Crippen LogP contribution in [0.4, 0.5) is 8.78 Å². The third-order valence-electron chi connectivity index (χ3n) is 8.49. The highest BCUT2D eigenvalue weighted by Crippen LogP contribution is 2.23. The number of halogens is 3. The lowest BCUT2D eigenvalue weighted by molar-refractivity contribution is 0.0691. The number of pyridine rings is 2. The van der Waals surface area contributed by atoms with Crippen molar-refractivity contribution in [2.24, 2.45) is 0 Å². The highest BCUT2D eigenvalue weighted by Gasteiger charge is 2.16. The predicted octanol–water partition coefficient (Wildman–Crippen LogP) is 8.98. The molecule has 8 aromatic rings. The van der Waals surface area contributed by atoms with E-state index in [1.54, 1.807) is 66.7 Å². The van der Waals surface area contributed by atoms with E-state index in [9.17, 15) is 23.5 Å². The topological polar surface area (TPSA) is 107 Å². The van der Waals surface area contributed by atoms with Gasteiger partial charge in [0.1, 0.15) is 76.0 Å². The van der Waals surface area contributed by atoms with E-state index in [0.29, 0.717) is 45.3 Å². The molecule has 0 aliphatic carbocycles. The first-order valence-corrected chi connectivity index (χ1v) is 17.9. The number of ether oxygens (including phenoxy) is 2. The summed E-state index contributed by atoms with van der Waals surface area (Å²) in [5.74, 6) is 11.1. The lowest BCUT2D eigenvalue weighted by Crippen LogP contribution is -2.04. The molecule has 0 aliphatic rings. The summed E-state index contributed by atoms with van der Waals surface area (Å²) in [5.41, 5.74) is 5.60. The number of carbonyl (C=O) groups is 2. The van der Waals surface area contributed by atoms with E-state index in [1.807, 2.05) is 57.6 Å². The first-order chi connectivity index (χ1) is 28.2. The maximum atomic E-state index is 13.1. The molecule has 12 heteroatoms. The number of hydrogen-bond acceptors (Lipinski definition) is 6. The van der Waals surface area contributed by atoms with Crippen LogP contribution in [-0.4, -0.2) is 35.1 Å². The molecule has 0 radical (unpaired) electrons. The summed E-state index contributed by atoms with van der Waals surface area (Å²) in [6.07, 6.45) is 3.70. The smallest absolute Gasteiger partial charge is 0.339 e. The quantitative estimate of drug-likeness (QED) is 0.121. The van der Waals surface area contributed by atoms with E-state index < -0.39 is 11.2 Å². The number of benzene rings is 4. The van der Waals surface area contributed by atoms with E-state index >= 15 is 0 Å². The van der Waals surface area contributed by atoms with Crippen molar-refractivity contribution in [1.82, 2.24) is 18.8 Å². The van der Waals surface area contributed by atoms with Crippen molar-refractivity contribution in [3.63, 3.8) is 0 Å². The lowest BCUT2D eigenvalue weighted by atomic mass is 10.2. The zero-order valence-corrected chi connectivity index (χ0v) is 31.0. The molecule has 0 bridgehead atoms. The molecule has 0 amide bonds. The van der Waals surface area contributed by atoms with Crippen LogP contribution in [0, 0.1) is 35.3 Å². The molecule has 0 aliphatic heterocycles. The maximum absolute atomic E-state index is 13.1. The van der Waals surface area contributed by atoms with E-state index in [1.165, 1.54) is 30.3 Å². The molecule has 8 rings (SSSR count). The number of carboxylic acid groups (broad SMARTS) is 1. The molecule has 0 saturated heterocycles. The van der Waals surface area contributed by atoms with Crippen molar-refractivity contribution in [3.8, 4) is 35.2 Å². The highest BCUT2D eigenvalue weighted by molar-refractivity contribution is 6.68. The monoisotopic (exact) mass is 790 g/mol. The predicted molar refractivity (Wildman–Crippen MR) is 214 cm³/mol. The molecule has 0 unspecified atom stereocenters. The van der Waals surface area contributed by atoms with Gasteiger partial charge >= 0.3 is 5.97 Å². The summed E-state index contributed by atoms with van der Waals surface area (Å²) >= 11 is 5.63. The number of nitrogens with zero attached hydrogens (tertiary/aromatic N) is 4. The van der Waals surface area contributed by atoms with E-state index in [-0.39, 0.29) is 41.7 Å². The van der Waals surface area contributed by atoms with Gasteiger partial charge in [-0.15, -0.1) is 0 Å². The number of aromatic nitrogens is 4. The van der Waals surface area contributed by atoms with Crippen LogP contribution in [0.3, 0.4) is 0 Å². The number of imidazole rings is 2. The summed E-state index contributed by atoms with van der Waals surface area (Å²) in [6, 6.07) is 36.2. The van der Waals surface area contributed by atoms with Gasteiger partial charge in [0.2, 0.25) is 0 Å². The van der Waals surface area contributed by atoms with Crippen molar-refractivity contribution in [2.45, 2.75) is 13.2 Å². The lowest BCUT2D eigenvalue weighted by Gasteiger charge is -2.07. The van der Waals surface area contributed by atoms with Gasteiger partial charge in [-0.2, -0.15) is 0 Å². The van der Waals surface area contributed by atoms with Gasteiger partial charge in [-0.05, 0) is 121 Å². The average Bonchev–Trinajstić information content (AvgIpc) is 3.79. The van der Waals surface area contributed by atoms with E-state index in [2.05, 4.69) is 33.6 Å². The van der Waals surface area contributed by atoms with Gasteiger partial charge in [0.05, 0.1) is 5.56 Å². The third kappa shape index (κ3) is 9.20. The van der Waals surface area contributed by atoms with Gasteiger partial charge in [-0.25, -0.2) is 23.5 Å². The van der Waals surface area contributed by atoms with Crippen LogP contribution in [0.15, 0.2) is 146 Å².